The number of hydrogen-bond acceptors (Lipinski definition) is 3. The molecule has 0 aliphatic heterocycles. The van der Waals surface area contributed by atoms with Gasteiger partial charge in [-0.05, 0) is 37.1 Å². The summed E-state index contributed by atoms with van der Waals surface area (Å²) in [5, 5.41) is 11.4. The average molecular weight is 308 g/mol. The van der Waals surface area contributed by atoms with Gasteiger partial charge in [0.25, 0.3) is 0 Å². The molecule has 1 aromatic carbocycles. The number of carbonyl (C=O) groups is 1. The third-order valence-electron chi connectivity index (χ3n) is 4.06. The van der Waals surface area contributed by atoms with Crippen LogP contribution in [0.4, 0.5) is 5.69 Å². The first-order valence-electron chi connectivity index (χ1n) is 7.94. The molecule has 0 bridgehead atoms. The molecular weight excluding hydrogens is 288 g/mol. The van der Waals surface area contributed by atoms with E-state index < -0.39 is 0 Å². The minimum atomic E-state index is 0.0487. The third-order valence-corrected chi connectivity index (χ3v) is 4.06. The fourth-order valence-electron chi connectivity index (χ4n) is 2.68. The maximum Gasteiger partial charge on any atom is 0.227 e. The van der Waals surface area contributed by atoms with Gasteiger partial charge < -0.3 is 5.32 Å². The van der Waals surface area contributed by atoms with Crippen LogP contribution >= 0.6 is 0 Å². The number of fused-ring (bicyclic) bond motifs is 1. The summed E-state index contributed by atoms with van der Waals surface area (Å²) in [4.78, 5) is 12.2. The Morgan fingerprint density at radius 2 is 1.96 bits per heavy atom. The summed E-state index contributed by atoms with van der Waals surface area (Å²) in [7, 11) is 0. The summed E-state index contributed by atoms with van der Waals surface area (Å²) < 4.78 is 1.93. The van der Waals surface area contributed by atoms with Crippen molar-refractivity contribution in [3.63, 3.8) is 0 Å². The van der Waals surface area contributed by atoms with Gasteiger partial charge in [0.1, 0.15) is 0 Å². The van der Waals surface area contributed by atoms with Crippen LogP contribution in [0.5, 0.6) is 0 Å². The molecule has 0 aliphatic rings. The molecule has 0 saturated carbocycles. The maximum absolute atomic E-state index is 12.2. The fraction of sp³-hybridized carbons (Fsp3) is 0.278. The van der Waals surface area contributed by atoms with E-state index in [1.807, 2.05) is 66.9 Å². The van der Waals surface area contributed by atoms with Gasteiger partial charge in [-0.25, -0.2) is 0 Å². The lowest BCUT2D eigenvalue weighted by atomic mass is 10.0. The number of benzene rings is 1. The first kappa shape index (κ1) is 15.2. The van der Waals surface area contributed by atoms with Gasteiger partial charge in [-0.15, -0.1) is 10.2 Å². The molecule has 2 aromatic heterocycles. The summed E-state index contributed by atoms with van der Waals surface area (Å²) in [6.07, 6.45) is 3.62. The molecule has 0 aliphatic carbocycles. The first-order chi connectivity index (χ1) is 11.2. The Morgan fingerprint density at radius 3 is 2.74 bits per heavy atom. The van der Waals surface area contributed by atoms with Crippen LogP contribution in [-0.2, 0) is 4.79 Å². The van der Waals surface area contributed by atoms with Crippen LogP contribution in [0.15, 0.2) is 48.7 Å². The largest absolute Gasteiger partial charge is 0.326 e. The number of aromatic nitrogens is 3. The van der Waals surface area contributed by atoms with Crippen molar-refractivity contribution in [1.29, 1.82) is 0 Å². The second-order valence-electron chi connectivity index (χ2n) is 5.54. The highest BCUT2D eigenvalue weighted by atomic mass is 16.1. The van der Waals surface area contributed by atoms with Crippen molar-refractivity contribution in [1.82, 2.24) is 14.6 Å². The fourth-order valence-corrected chi connectivity index (χ4v) is 2.68. The Bertz CT molecular complexity index is 821. The molecule has 23 heavy (non-hydrogen) atoms. The molecule has 0 saturated heterocycles. The Labute approximate surface area is 135 Å². The molecule has 5 heteroatoms. The summed E-state index contributed by atoms with van der Waals surface area (Å²) in [5.41, 5.74) is 2.51. The Balaban J connectivity index is 1.90. The highest BCUT2D eigenvalue weighted by Crippen LogP contribution is 2.22. The van der Waals surface area contributed by atoms with E-state index in [2.05, 4.69) is 15.5 Å². The van der Waals surface area contributed by atoms with E-state index in [1.54, 1.807) is 0 Å². The Morgan fingerprint density at radius 1 is 1.13 bits per heavy atom. The van der Waals surface area contributed by atoms with E-state index in [-0.39, 0.29) is 11.8 Å². The van der Waals surface area contributed by atoms with Crippen molar-refractivity contribution in [2.75, 3.05) is 5.32 Å². The number of hydrogen-bond donors (Lipinski definition) is 1. The van der Waals surface area contributed by atoms with E-state index in [9.17, 15) is 4.79 Å². The van der Waals surface area contributed by atoms with Gasteiger partial charge in [0.15, 0.2) is 11.5 Å². The van der Waals surface area contributed by atoms with E-state index in [0.29, 0.717) is 0 Å². The minimum absolute atomic E-state index is 0.0487. The molecule has 0 unspecified atom stereocenters. The maximum atomic E-state index is 12.2. The number of anilines is 1. The smallest absolute Gasteiger partial charge is 0.227 e. The normalized spacial score (nSPS) is 11.1. The quantitative estimate of drug-likeness (QED) is 0.780. The van der Waals surface area contributed by atoms with Crippen LogP contribution in [0.2, 0.25) is 0 Å². The molecule has 0 atom stereocenters. The zero-order valence-electron chi connectivity index (χ0n) is 13.4. The van der Waals surface area contributed by atoms with Crippen molar-refractivity contribution in [2.24, 2.45) is 5.92 Å². The number of nitrogens with one attached hydrogen (secondary N) is 1. The highest BCUT2D eigenvalue weighted by molar-refractivity contribution is 5.93. The Kier molecular flexibility index (Phi) is 4.37. The monoisotopic (exact) mass is 308 g/mol. The van der Waals surface area contributed by atoms with Crippen LogP contribution in [-0.4, -0.2) is 20.5 Å². The van der Waals surface area contributed by atoms with Crippen molar-refractivity contribution < 1.29 is 4.79 Å². The first-order valence-corrected chi connectivity index (χ1v) is 7.94. The molecule has 2 heterocycles. The molecule has 118 valence electrons. The van der Waals surface area contributed by atoms with E-state index in [1.165, 1.54) is 0 Å². The second-order valence-corrected chi connectivity index (χ2v) is 5.54. The molecule has 3 rings (SSSR count). The molecule has 5 nitrogen and oxygen atoms in total. The van der Waals surface area contributed by atoms with Crippen LogP contribution in [0.25, 0.3) is 17.0 Å². The van der Waals surface area contributed by atoms with Crippen LogP contribution in [0, 0.1) is 5.92 Å². The molecular formula is C18H20N4O. The number of pyridine rings is 1. The predicted octanol–water partition coefficient (Wildman–Crippen LogP) is 3.77. The van der Waals surface area contributed by atoms with Crippen LogP contribution < -0.4 is 5.32 Å². The lowest BCUT2D eigenvalue weighted by Gasteiger charge is -2.13. The lowest BCUT2D eigenvalue weighted by Crippen LogP contribution is -2.21. The summed E-state index contributed by atoms with van der Waals surface area (Å²) in [5.74, 6) is 0.880. The molecule has 1 amide bonds. The molecule has 0 radical (unpaired) electrons. The Hall–Kier alpha value is -2.69. The van der Waals surface area contributed by atoms with Gasteiger partial charge >= 0.3 is 0 Å². The van der Waals surface area contributed by atoms with Gasteiger partial charge in [0.2, 0.25) is 5.91 Å². The van der Waals surface area contributed by atoms with Crippen molar-refractivity contribution >= 4 is 17.2 Å². The second kappa shape index (κ2) is 6.60. The number of nitrogens with zero attached hydrogens (tertiary/aromatic N) is 3. The lowest BCUT2D eigenvalue weighted by molar-refractivity contribution is -0.120. The third kappa shape index (κ3) is 3.08. The molecule has 0 spiro atoms. The van der Waals surface area contributed by atoms with E-state index in [0.717, 1.165) is 35.6 Å². The highest BCUT2D eigenvalue weighted by Gasteiger charge is 2.15. The minimum Gasteiger partial charge on any atom is -0.326 e. The van der Waals surface area contributed by atoms with Crippen LogP contribution in [0.1, 0.15) is 26.7 Å². The van der Waals surface area contributed by atoms with Crippen molar-refractivity contribution in [3.8, 4) is 11.4 Å². The van der Waals surface area contributed by atoms with Gasteiger partial charge in [-0.3, -0.25) is 9.20 Å². The van der Waals surface area contributed by atoms with Gasteiger partial charge in [-0.2, -0.15) is 0 Å². The molecule has 0 fully saturated rings. The average Bonchev–Trinajstić information content (AvgIpc) is 3.00. The van der Waals surface area contributed by atoms with E-state index in [4.69, 9.17) is 0 Å². The predicted molar refractivity (Wildman–Crippen MR) is 91.1 cm³/mol. The van der Waals surface area contributed by atoms with Gasteiger partial charge in [-0.1, -0.05) is 32.0 Å². The standard InChI is InChI=1S/C18H20N4O/c1-3-13(4-2)18(23)19-15-9-7-8-14(12-15)17-21-20-16-10-5-6-11-22(16)17/h5-13H,3-4H2,1-2H3,(H,19,23). The summed E-state index contributed by atoms with van der Waals surface area (Å²) in [6.45, 7) is 4.07. The number of carbonyl (C=O) groups excluding carboxylic acids is 1. The zero-order chi connectivity index (χ0) is 16.2. The summed E-state index contributed by atoms with van der Waals surface area (Å²) >= 11 is 0. The SMILES string of the molecule is CCC(CC)C(=O)Nc1cccc(-c2nnc3ccccn23)c1. The number of rotatable bonds is 5. The van der Waals surface area contributed by atoms with E-state index >= 15 is 0 Å². The summed E-state index contributed by atoms with van der Waals surface area (Å²) in [6, 6.07) is 13.5. The number of amides is 1. The van der Waals surface area contributed by atoms with Gasteiger partial charge in [0, 0.05) is 23.4 Å². The molecule has 1 N–H and O–H groups in total. The molecule has 3 aromatic rings. The zero-order valence-corrected chi connectivity index (χ0v) is 13.4. The topological polar surface area (TPSA) is 59.3 Å². The van der Waals surface area contributed by atoms with Gasteiger partial charge in [0.05, 0.1) is 0 Å². The van der Waals surface area contributed by atoms with Crippen LogP contribution in [0.3, 0.4) is 0 Å². The van der Waals surface area contributed by atoms with Crippen molar-refractivity contribution in [3.05, 3.63) is 48.7 Å². The van der Waals surface area contributed by atoms with Crippen molar-refractivity contribution in [2.45, 2.75) is 26.7 Å².